The highest BCUT2D eigenvalue weighted by Crippen LogP contribution is 2.31. The van der Waals surface area contributed by atoms with E-state index in [1.807, 2.05) is 0 Å². The van der Waals surface area contributed by atoms with Crippen molar-refractivity contribution < 1.29 is 24.1 Å². The summed E-state index contributed by atoms with van der Waals surface area (Å²) in [6.45, 7) is 2.02. The minimum Gasteiger partial charge on any atom is -0.497 e. The number of methoxy groups -OCH3 is 2. The summed E-state index contributed by atoms with van der Waals surface area (Å²) in [6.07, 6.45) is -1.05. The average Bonchev–Trinajstić information content (AvgIpc) is 2.38. The Hall–Kier alpha value is -1.75. The lowest BCUT2D eigenvalue weighted by Gasteiger charge is -2.15. The highest BCUT2D eigenvalue weighted by atomic mass is 16.5. The van der Waals surface area contributed by atoms with E-state index in [0.717, 1.165) is 0 Å². The molecule has 0 radical (unpaired) electrons. The minimum absolute atomic E-state index is 0.101. The largest absolute Gasteiger partial charge is 0.497 e. The maximum Gasteiger partial charge on any atom is 0.308 e. The number of carbonyl (C=O) groups is 1. The Bertz CT molecular complexity index is 402. The molecule has 0 amide bonds. The molecule has 0 fully saturated rings. The summed E-state index contributed by atoms with van der Waals surface area (Å²) in [5.74, 6) is 0.660. The van der Waals surface area contributed by atoms with Crippen molar-refractivity contribution >= 4 is 5.97 Å². The lowest BCUT2D eigenvalue weighted by molar-refractivity contribution is -0.145. The highest BCUT2D eigenvalue weighted by molar-refractivity contribution is 5.70. The average molecular weight is 254 g/mol. The van der Waals surface area contributed by atoms with E-state index in [4.69, 9.17) is 14.2 Å². The third kappa shape index (κ3) is 3.63. The molecule has 18 heavy (non-hydrogen) atoms. The van der Waals surface area contributed by atoms with Gasteiger partial charge < -0.3 is 19.3 Å². The van der Waals surface area contributed by atoms with Crippen LogP contribution in [-0.2, 0) is 9.53 Å². The van der Waals surface area contributed by atoms with Gasteiger partial charge in [0.2, 0.25) is 0 Å². The van der Waals surface area contributed by atoms with Gasteiger partial charge in [-0.1, -0.05) is 0 Å². The quantitative estimate of drug-likeness (QED) is 0.782. The van der Waals surface area contributed by atoms with Gasteiger partial charge in [-0.2, -0.15) is 0 Å². The van der Waals surface area contributed by atoms with Gasteiger partial charge in [0.05, 0.1) is 33.4 Å². The summed E-state index contributed by atoms with van der Waals surface area (Å²) >= 11 is 0. The molecule has 0 aliphatic carbocycles. The van der Waals surface area contributed by atoms with Gasteiger partial charge in [-0.05, 0) is 19.1 Å². The molecule has 100 valence electrons. The molecule has 0 saturated heterocycles. The highest BCUT2D eigenvalue weighted by Gasteiger charge is 2.18. The Balaban J connectivity index is 2.84. The van der Waals surface area contributed by atoms with Crippen molar-refractivity contribution in [1.82, 2.24) is 0 Å². The molecule has 1 unspecified atom stereocenters. The predicted molar refractivity (Wildman–Crippen MR) is 65.8 cm³/mol. The van der Waals surface area contributed by atoms with Gasteiger partial charge in [0.1, 0.15) is 11.5 Å². The summed E-state index contributed by atoms with van der Waals surface area (Å²) in [6, 6.07) is 5.03. The fourth-order valence-corrected chi connectivity index (χ4v) is 1.58. The summed E-state index contributed by atoms with van der Waals surface area (Å²) in [7, 11) is 3.04. The number of aliphatic hydroxyl groups is 1. The lowest BCUT2D eigenvalue weighted by Crippen LogP contribution is -2.11. The van der Waals surface area contributed by atoms with E-state index in [1.54, 1.807) is 32.2 Å². The number of aliphatic hydroxyl groups excluding tert-OH is 1. The molecule has 1 aromatic carbocycles. The zero-order chi connectivity index (χ0) is 13.5. The van der Waals surface area contributed by atoms with Crippen LogP contribution in [0.1, 0.15) is 25.0 Å². The smallest absolute Gasteiger partial charge is 0.308 e. The van der Waals surface area contributed by atoms with Crippen molar-refractivity contribution in [2.75, 3.05) is 20.8 Å². The van der Waals surface area contributed by atoms with Gasteiger partial charge in [0, 0.05) is 11.6 Å². The van der Waals surface area contributed by atoms with Crippen LogP contribution >= 0.6 is 0 Å². The number of benzene rings is 1. The van der Waals surface area contributed by atoms with Crippen LogP contribution in [0.25, 0.3) is 0 Å². The Morgan fingerprint density at radius 3 is 2.61 bits per heavy atom. The second kappa shape index (κ2) is 6.86. The van der Waals surface area contributed by atoms with Crippen molar-refractivity contribution in [3.63, 3.8) is 0 Å². The van der Waals surface area contributed by atoms with Gasteiger partial charge >= 0.3 is 5.97 Å². The van der Waals surface area contributed by atoms with E-state index in [2.05, 4.69) is 0 Å². The second-order valence-corrected chi connectivity index (χ2v) is 3.63. The first-order valence-corrected chi connectivity index (χ1v) is 5.68. The van der Waals surface area contributed by atoms with Crippen molar-refractivity contribution in [1.29, 1.82) is 0 Å². The Morgan fingerprint density at radius 1 is 1.33 bits per heavy atom. The maximum atomic E-state index is 11.3. The minimum atomic E-state index is -0.954. The van der Waals surface area contributed by atoms with Gasteiger partial charge in [-0.3, -0.25) is 4.79 Å². The molecule has 1 atom stereocenters. The number of ether oxygens (including phenoxy) is 3. The molecule has 0 spiro atoms. The zero-order valence-electron chi connectivity index (χ0n) is 10.8. The molecule has 1 N–H and O–H groups in total. The zero-order valence-corrected chi connectivity index (χ0v) is 10.8. The summed E-state index contributed by atoms with van der Waals surface area (Å²) in [4.78, 5) is 11.3. The molecule has 5 heteroatoms. The number of esters is 1. The van der Waals surface area contributed by atoms with E-state index in [9.17, 15) is 9.90 Å². The third-order valence-corrected chi connectivity index (χ3v) is 2.46. The topological polar surface area (TPSA) is 65.0 Å². The molecule has 1 aromatic rings. The summed E-state index contributed by atoms with van der Waals surface area (Å²) in [5, 5.41) is 9.97. The van der Waals surface area contributed by atoms with Crippen LogP contribution in [0.5, 0.6) is 11.5 Å². The van der Waals surface area contributed by atoms with Crippen LogP contribution in [0.4, 0.5) is 0 Å². The predicted octanol–water partition coefficient (Wildman–Crippen LogP) is 1.69. The van der Waals surface area contributed by atoms with E-state index < -0.39 is 12.1 Å². The van der Waals surface area contributed by atoms with Crippen LogP contribution in [0.15, 0.2) is 18.2 Å². The lowest BCUT2D eigenvalue weighted by atomic mass is 10.1. The van der Waals surface area contributed by atoms with Crippen molar-refractivity contribution in [3.05, 3.63) is 23.8 Å². The molecule has 0 aromatic heterocycles. The maximum absolute atomic E-state index is 11.3. The van der Waals surface area contributed by atoms with Crippen molar-refractivity contribution in [2.24, 2.45) is 0 Å². The van der Waals surface area contributed by atoms with Crippen LogP contribution in [0, 0.1) is 0 Å². The molecule has 0 bridgehead atoms. The van der Waals surface area contributed by atoms with Gasteiger partial charge in [0.15, 0.2) is 0 Å². The third-order valence-electron chi connectivity index (χ3n) is 2.46. The molecule has 0 aliphatic heterocycles. The Kier molecular flexibility index (Phi) is 5.45. The summed E-state index contributed by atoms with van der Waals surface area (Å²) < 4.78 is 15.0. The molecular weight excluding hydrogens is 236 g/mol. The van der Waals surface area contributed by atoms with Gasteiger partial charge in [-0.15, -0.1) is 0 Å². The van der Waals surface area contributed by atoms with E-state index >= 15 is 0 Å². The molecule has 0 heterocycles. The monoisotopic (exact) mass is 254 g/mol. The van der Waals surface area contributed by atoms with Crippen molar-refractivity contribution in [2.45, 2.75) is 19.4 Å². The van der Waals surface area contributed by atoms with Crippen LogP contribution in [0.2, 0.25) is 0 Å². The van der Waals surface area contributed by atoms with Crippen LogP contribution in [-0.4, -0.2) is 31.9 Å². The van der Waals surface area contributed by atoms with Gasteiger partial charge in [-0.25, -0.2) is 0 Å². The molecule has 5 nitrogen and oxygen atoms in total. The number of hydrogen-bond donors (Lipinski definition) is 1. The normalized spacial score (nSPS) is 11.8. The van der Waals surface area contributed by atoms with Crippen LogP contribution < -0.4 is 9.47 Å². The number of hydrogen-bond acceptors (Lipinski definition) is 5. The van der Waals surface area contributed by atoms with Crippen LogP contribution in [0.3, 0.4) is 0 Å². The Morgan fingerprint density at radius 2 is 2.06 bits per heavy atom. The second-order valence-electron chi connectivity index (χ2n) is 3.63. The Labute approximate surface area is 106 Å². The number of rotatable bonds is 6. The van der Waals surface area contributed by atoms with Crippen molar-refractivity contribution in [3.8, 4) is 11.5 Å². The first kappa shape index (κ1) is 14.3. The fraction of sp³-hybridized carbons (Fsp3) is 0.462. The van der Waals surface area contributed by atoms with Gasteiger partial charge in [0.25, 0.3) is 0 Å². The van der Waals surface area contributed by atoms with E-state index in [1.165, 1.54) is 7.11 Å². The van der Waals surface area contributed by atoms with E-state index in [-0.39, 0.29) is 6.42 Å². The molecule has 0 saturated carbocycles. The first-order valence-electron chi connectivity index (χ1n) is 5.68. The molecule has 1 rings (SSSR count). The first-order chi connectivity index (χ1) is 8.62. The molecule has 0 aliphatic rings. The standard InChI is InChI=1S/C13H18O5/c1-4-18-13(15)8-11(14)10-6-5-9(16-2)7-12(10)17-3/h5-7,11,14H,4,8H2,1-3H3. The SMILES string of the molecule is CCOC(=O)CC(O)c1ccc(OC)cc1OC. The fourth-order valence-electron chi connectivity index (χ4n) is 1.58. The number of carbonyl (C=O) groups excluding carboxylic acids is 1. The summed E-state index contributed by atoms with van der Waals surface area (Å²) in [5.41, 5.74) is 0.534. The van der Waals surface area contributed by atoms with E-state index in [0.29, 0.717) is 23.7 Å². The molecular formula is C13H18O5.